The number of hydrogen-bond donors (Lipinski definition) is 0. The van der Waals surface area contributed by atoms with Crippen LogP contribution in [0.4, 0.5) is 8.78 Å². The van der Waals surface area contributed by atoms with E-state index in [0.717, 1.165) is 5.56 Å². The SMILES string of the molecule is CN(C)C1CCC(F)(F)c2cc(Br)ccc21. The molecule has 0 saturated carbocycles. The molecular weight excluding hydrogens is 276 g/mol. The summed E-state index contributed by atoms with van der Waals surface area (Å²) < 4.78 is 28.3. The van der Waals surface area contributed by atoms with Gasteiger partial charge in [0.1, 0.15) is 0 Å². The number of fused-ring (bicyclic) bond motifs is 1. The average molecular weight is 290 g/mol. The normalized spacial score (nSPS) is 23.2. The van der Waals surface area contributed by atoms with E-state index in [0.29, 0.717) is 10.9 Å². The molecule has 0 N–H and O–H groups in total. The van der Waals surface area contributed by atoms with Crippen LogP contribution in [0.15, 0.2) is 22.7 Å². The standard InChI is InChI=1S/C12H14BrF2N/c1-16(2)11-5-6-12(14,15)10-7-8(13)3-4-9(10)11/h3-4,7,11H,5-6H2,1-2H3. The molecule has 1 aliphatic carbocycles. The lowest BCUT2D eigenvalue weighted by molar-refractivity contribution is -0.0322. The minimum Gasteiger partial charge on any atom is -0.302 e. The molecule has 0 heterocycles. The largest absolute Gasteiger partial charge is 0.302 e. The molecule has 1 unspecified atom stereocenters. The number of alkyl halides is 2. The summed E-state index contributed by atoms with van der Waals surface area (Å²) in [6, 6.07) is 5.28. The lowest BCUT2D eigenvalue weighted by Crippen LogP contribution is -2.30. The van der Waals surface area contributed by atoms with Gasteiger partial charge in [-0.3, -0.25) is 0 Å². The van der Waals surface area contributed by atoms with Crippen molar-refractivity contribution in [3.05, 3.63) is 33.8 Å². The van der Waals surface area contributed by atoms with Crippen LogP contribution in [0, 0.1) is 0 Å². The van der Waals surface area contributed by atoms with E-state index < -0.39 is 5.92 Å². The van der Waals surface area contributed by atoms with Crippen LogP contribution in [0.5, 0.6) is 0 Å². The van der Waals surface area contributed by atoms with Crippen molar-refractivity contribution in [1.29, 1.82) is 0 Å². The Balaban J connectivity index is 2.53. The third-order valence-electron chi connectivity index (χ3n) is 3.12. The molecule has 4 heteroatoms. The minimum atomic E-state index is -2.69. The third kappa shape index (κ3) is 2.00. The van der Waals surface area contributed by atoms with Crippen molar-refractivity contribution >= 4 is 15.9 Å². The van der Waals surface area contributed by atoms with Crippen molar-refractivity contribution in [1.82, 2.24) is 4.90 Å². The molecule has 1 aliphatic rings. The van der Waals surface area contributed by atoms with Crippen LogP contribution >= 0.6 is 15.9 Å². The molecule has 0 aliphatic heterocycles. The second-order valence-corrected chi connectivity index (χ2v) is 5.37. The molecule has 88 valence electrons. The van der Waals surface area contributed by atoms with Gasteiger partial charge in [-0.1, -0.05) is 22.0 Å². The summed E-state index contributed by atoms with van der Waals surface area (Å²) in [7, 11) is 3.86. The first-order chi connectivity index (χ1) is 7.42. The van der Waals surface area contributed by atoms with Crippen LogP contribution in [0.25, 0.3) is 0 Å². The van der Waals surface area contributed by atoms with Gasteiger partial charge in [-0.2, -0.15) is 0 Å². The zero-order chi connectivity index (χ0) is 11.9. The molecule has 1 aromatic rings. The molecular formula is C12H14BrF2N. The number of nitrogens with zero attached hydrogens (tertiary/aromatic N) is 1. The van der Waals surface area contributed by atoms with Gasteiger partial charge in [-0.05, 0) is 38.2 Å². The van der Waals surface area contributed by atoms with Crippen molar-refractivity contribution in [2.24, 2.45) is 0 Å². The maximum Gasteiger partial charge on any atom is 0.273 e. The summed E-state index contributed by atoms with van der Waals surface area (Å²) in [6.07, 6.45) is 0.438. The fourth-order valence-electron chi connectivity index (χ4n) is 2.28. The predicted octanol–water partition coefficient (Wildman–Crippen LogP) is 3.94. The van der Waals surface area contributed by atoms with Gasteiger partial charge in [0.2, 0.25) is 0 Å². The topological polar surface area (TPSA) is 3.24 Å². The molecule has 0 saturated heterocycles. The van der Waals surface area contributed by atoms with Crippen LogP contribution in [0.1, 0.15) is 30.0 Å². The average Bonchev–Trinajstić information content (AvgIpc) is 2.18. The van der Waals surface area contributed by atoms with Crippen LogP contribution in [-0.4, -0.2) is 19.0 Å². The second-order valence-electron chi connectivity index (χ2n) is 4.45. The Morgan fingerprint density at radius 3 is 2.69 bits per heavy atom. The van der Waals surface area contributed by atoms with Gasteiger partial charge in [0.15, 0.2) is 0 Å². The van der Waals surface area contributed by atoms with Crippen molar-refractivity contribution in [2.75, 3.05) is 14.1 Å². The van der Waals surface area contributed by atoms with Crippen LogP contribution in [0.3, 0.4) is 0 Å². The monoisotopic (exact) mass is 289 g/mol. The quantitative estimate of drug-likeness (QED) is 0.757. The Kier molecular flexibility index (Phi) is 3.05. The van der Waals surface area contributed by atoms with Crippen molar-refractivity contribution < 1.29 is 8.78 Å². The van der Waals surface area contributed by atoms with Crippen molar-refractivity contribution in [3.63, 3.8) is 0 Å². The highest BCUT2D eigenvalue weighted by molar-refractivity contribution is 9.10. The molecule has 2 rings (SSSR count). The predicted molar refractivity (Wildman–Crippen MR) is 63.7 cm³/mol. The Morgan fingerprint density at radius 1 is 1.38 bits per heavy atom. The van der Waals surface area contributed by atoms with E-state index in [1.807, 2.05) is 25.1 Å². The summed E-state index contributed by atoms with van der Waals surface area (Å²) in [4.78, 5) is 2.00. The Labute approximate surface area is 103 Å². The van der Waals surface area contributed by atoms with Gasteiger partial charge in [-0.15, -0.1) is 0 Å². The van der Waals surface area contributed by atoms with Gasteiger partial charge in [0.05, 0.1) is 0 Å². The van der Waals surface area contributed by atoms with E-state index in [9.17, 15) is 8.78 Å². The fourth-order valence-corrected chi connectivity index (χ4v) is 2.64. The summed E-state index contributed by atoms with van der Waals surface area (Å²) >= 11 is 3.25. The molecule has 0 radical (unpaired) electrons. The zero-order valence-corrected chi connectivity index (χ0v) is 10.9. The first-order valence-corrected chi connectivity index (χ1v) is 6.05. The molecule has 1 atom stereocenters. The highest BCUT2D eigenvalue weighted by atomic mass is 79.9. The molecule has 0 bridgehead atoms. The Morgan fingerprint density at radius 2 is 2.06 bits per heavy atom. The number of rotatable bonds is 1. The summed E-state index contributed by atoms with van der Waals surface area (Å²) in [5.41, 5.74) is 0.927. The second kappa shape index (κ2) is 4.08. The lowest BCUT2D eigenvalue weighted by atomic mass is 9.84. The highest BCUT2D eigenvalue weighted by Crippen LogP contribution is 2.46. The molecule has 0 aromatic heterocycles. The van der Waals surface area contributed by atoms with E-state index in [2.05, 4.69) is 15.9 Å². The zero-order valence-electron chi connectivity index (χ0n) is 9.30. The van der Waals surface area contributed by atoms with Crippen molar-refractivity contribution in [2.45, 2.75) is 24.8 Å². The van der Waals surface area contributed by atoms with Crippen LogP contribution in [-0.2, 0) is 5.92 Å². The van der Waals surface area contributed by atoms with E-state index in [-0.39, 0.29) is 18.0 Å². The summed E-state index contributed by atoms with van der Waals surface area (Å²) in [5, 5.41) is 0. The molecule has 0 spiro atoms. The van der Waals surface area contributed by atoms with Crippen LogP contribution < -0.4 is 0 Å². The highest BCUT2D eigenvalue weighted by Gasteiger charge is 2.40. The number of hydrogen-bond acceptors (Lipinski definition) is 1. The smallest absolute Gasteiger partial charge is 0.273 e. The van der Waals surface area contributed by atoms with E-state index in [4.69, 9.17) is 0 Å². The lowest BCUT2D eigenvalue weighted by Gasteiger charge is -2.35. The third-order valence-corrected chi connectivity index (χ3v) is 3.62. The minimum absolute atomic E-state index is 0.0701. The van der Waals surface area contributed by atoms with E-state index in [1.165, 1.54) is 0 Å². The van der Waals surface area contributed by atoms with Gasteiger partial charge in [0, 0.05) is 22.5 Å². The van der Waals surface area contributed by atoms with Crippen molar-refractivity contribution in [3.8, 4) is 0 Å². The molecule has 1 aromatic carbocycles. The summed E-state index contributed by atoms with van der Waals surface area (Å²) in [5.74, 6) is -2.69. The van der Waals surface area contributed by atoms with Gasteiger partial charge < -0.3 is 4.90 Å². The van der Waals surface area contributed by atoms with E-state index in [1.54, 1.807) is 12.1 Å². The van der Waals surface area contributed by atoms with Gasteiger partial charge >= 0.3 is 0 Å². The number of halogens is 3. The molecule has 0 fully saturated rings. The fraction of sp³-hybridized carbons (Fsp3) is 0.500. The maximum absolute atomic E-state index is 13.8. The van der Waals surface area contributed by atoms with Gasteiger partial charge in [0.25, 0.3) is 5.92 Å². The Bertz CT molecular complexity index is 404. The van der Waals surface area contributed by atoms with Crippen LogP contribution in [0.2, 0.25) is 0 Å². The number of benzene rings is 1. The molecule has 0 amide bonds. The molecule has 1 nitrogen and oxygen atoms in total. The van der Waals surface area contributed by atoms with E-state index >= 15 is 0 Å². The van der Waals surface area contributed by atoms with Gasteiger partial charge in [-0.25, -0.2) is 8.78 Å². The summed E-state index contributed by atoms with van der Waals surface area (Å²) in [6.45, 7) is 0. The first-order valence-electron chi connectivity index (χ1n) is 5.26. The maximum atomic E-state index is 13.8. The Hall–Kier alpha value is -0.480. The first kappa shape index (κ1) is 12.0. The molecule has 16 heavy (non-hydrogen) atoms.